The molecule has 0 heterocycles. The average molecular weight is 260 g/mol. The van der Waals surface area contributed by atoms with Gasteiger partial charge < -0.3 is 0 Å². The fraction of sp³-hybridized carbons (Fsp3) is 0.722. The molecule has 3 atom stereocenters. The third-order valence-electron chi connectivity index (χ3n) is 5.70. The van der Waals surface area contributed by atoms with Crippen molar-refractivity contribution in [3.63, 3.8) is 0 Å². The molecule has 106 valence electrons. The van der Waals surface area contributed by atoms with Crippen LogP contribution in [-0.4, -0.2) is 5.78 Å². The van der Waals surface area contributed by atoms with Gasteiger partial charge in [-0.1, -0.05) is 45.4 Å². The zero-order valence-electron chi connectivity index (χ0n) is 13.0. The van der Waals surface area contributed by atoms with Gasteiger partial charge in [-0.3, -0.25) is 4.79 Å². The predicted molar refractivity (Wildman–Crippen MR) is 80.9 cm³/mol. The third-order valence-corrected chi connectivity index (χ3v) is 5.70. The maximum absolute atomic E-state index is 11.3. The highest BCUT2D eigenvalue weighted by molar-refractivity contribution is 5.87. The van der Waals surface area contributed by atoms with Crippen molar-refractivity contribution in [2.24, 2.45) is 22.7 Å². The Morgan fingerprint density at radius 1 is 1.32 bits per heavy atom. The van der Waals surface area contributed by atoms with Crippen molar-refractivity contribution in [2.75, 3.05) is 0 Å². The van der Waals surface area contributed by atoms with Crippen LogP contribution in [-0.2, 0) is 4.79 Å². The molecule has 0 aromatic carbocycles. The fourth-order valence-corrected chi connectivity index (χ4v) is 4.80. The van der Waals surface area contributed by atoms with E-state index in [0.29, 0.717) is 16.7 Å². The van der Waals surface area contributed by atoms with Crippen LogP contribution in [0.25, 0.3) is 0 Å². The number of allylic oxidation sites excluding steroid dienone is 3. The van der Waals surface area contributed by atoms with Gasteiger partial charge in [0.2, 0.25) is 0 Å². The number of fused-ring (bicyclic) bond motifs is 1. The van der Waals surface area contributed by atoms with Crippen molar-refractivity contribution >= 4 is 5.78 Å². The topological polar surface area (TPSA) is 17.1 Å². The van der Waals surface area contributed by atoms with E-state index in [9.17, 15) is 4.79 Å². The summed E-state index contributed by atoms with van der Waals surface area (Å²) in [6, 6.07) is 0. The van der Waals surface area contributed by atoms with E-state index in [1.54, 1.807) is 13.0 Å². The summed E-state index contributed by atoms with van der Waals surface area (Å²) in [6.45, 7) is 13.2. The van der Waals surface area contributed by atoms with Crippen LogP contribution in [0.3, 0.4) is 0 Å². The van der Waals surface area contributed by atoms with Gasteiger partial charge in [-0.05, 0) is 55.4 Å². The standard InChI is InChI=1S/C18H28O/c1-13-7-10-16-17(3,4)11-6-12-18(16,5)15(13)9-8-14(2)19/h8-9,15-16H,1,6-7,10-12H2,2-5H3/b9-8+/t15-,16-,18+/m0/s1. The smallest absolute Gasteiger partial charge is 0.152 e. The van der Waals surface area contributed by atoms with Crippen LogP contribution in [0.2, 0.25) is 0 Å². The highest BCUT2D eigenvalue weighted by Crippen LogP contribution is 2.61. The number of hydrogen-bond donors (Lipinski definition) is 0. The van der Waals surface area contributed by atoms with E-state index >= 15 is 0 Å². The van der Waals surface area contributed by atoms with Crippen molar-refractivity contribution < 1.29 is 4.79 Å². The van der Waals surface area contributed by atoms with Gasteiger partial charge in [0.1, 0.15) is 0 Å². The highest BCUT2D eigenvalue weighted by atomic mass is 16.1. The second-order valence-corrected chi connectivity index (χ2v) is 7.54. The zero-order chi connectivity index (χ0) is 14.3. The molecule has 0 aliphatic heterocycles. The Balaban J connectivity index is 2.35. The van der Waals surface area contributed by atoms with Crippen LogP contribution in [0.5, 0.6) is 0 Å². The molecule has 2 aliphatic carbocycles. The maximum Gasteiger partial charge on any atom is 0.152 e. The van der Waals surface area contributed by atoms with E-state index in [4.69, 9.17) is 0 Å². The molecule has 1 nitrogen and oxygen atoms in total. The molecule has 0 aromatic rings. The maximum atomic E-state index is 11.3. The van der Waals surface area contributed by atoms with Gasteiger partial charge in [0.05, 0.1) is 0 Å². The Morgan fingerprint density at radius 2 is 2.00 bits per heavy atom. The SMILES string of the molecule is C=C1CC[C@H]2C(C)(C)CCC[C@]2(C)[C@H]1/C=C/C(C)=O. The first-order chi connectivity index (χ1) is 8.77. The van der Waals surface area contributed by atoms with Crippen LogP contribution < -0.4 is 0 Å². The average Bonchev–Trinajstić information content (AvgIpc) is 2.26. The molecule has 2 rings (SSSR count). The Labute approximate surface area is 118 Å². The Kier molecular flexibility index (Phi) is 3.77. The first-order valence-corrected chi connectivity index (χ1v) is 7.64. The molecule has 1 heteroatoms. The molecule has 0 spiro atoms. The normalized spacial score (nSPS) is 38.2. The third kappa shape index (κ3) is 2.57. The molecule has 0 unspecified atom stereocenters. The van der Waals surface area contributed by atoms with E-state index in [1.807, 2.05) is 0 Å². The van der Waals surface area contributed by atoms with Gasteiger partial charge in [-0.15, -0.1) is 0 Å². The second-order valence-electron chi connectivity index (χ2n) is 7.54. The summed E-state index contributed by atoms with van der Waals surface area (Å²) in [5.41, 5.74) is 2.05. The quantitative estimate of drug-likeness (QED) is 0.508. The van der Waals surface area contributed by atoms with E-state index in [2.05, 4.69) is 33.4 Å². The van der Waals surface area contributed by atoms with Crippen molar-refractivity contribution in [3.05, 3.63) is 24.3 Å². The highest BCUT2D eigenvalue weighted by Gasteiger charge is 2.52. The molecule has 0 bridgehead atoms. The first-order valence-electron chi connectivity index (χ1n) is 7.64. The lowest BCUT2D eigenvalue weighted by atomic mass is 9.47. The van der Waals surface area contributed by atoms with Crippen LogP contribution in [0.1, 0.15) is 59.8 Å². The summed E-state index contributed by atoms with van der Waals surface area (Å²) in [7, 11) is 0. The molecule has 19 heavy (non-hydrogen) atoms. The van der Waals surface area contributed by atoms with Crippen LogP contribution >= 0.6 is 0 Å². The molecule has 0 N–H and O–H groups in total. The predicted octanol–water partition coefficient (Wildman–Crippen LogP) is 4.93. The number of carbonyl (C=O) groups excluding carboxylic acids is 1. The first kappa shape index (κ1) is 14.6. The number of hydrogen-bond acceptors (Lipinski definition) is 1. The summed E-state index contributed by atoms with van der Waals surface area (Å²) in [6.07, 6.45) is 10.2. The molecule has 0 amide bonds. The Hall–Kier alpha value is -0.850. The van der Waals surface area contributed by atoms with E-state index in [0.717, 1.165) is 12.3 Å². The van der Waals surface area contributed by atoms with Crippen molar-refractivity contribution in [1.29, 1.82) is 0 Å². The fourth-order valence-electron chi connectivity index (χ4n) is 4.80. The molecule has 2 saturated carbocycles. The number of ketones is 1. The van der Waals surface area contributed by atoms with Gasteiger partial charge in [-0.25, -0.2) is 0 Å². The van der Waals surface area contributed by atoms with Crippen LogP contribution in [0.4, 0.5) is 0 Å². The van der Waals surface area contributed by atoms with Crippen molar-refractivity contribution in [3.8, 4) is 0 Å². The molecule has 0 saturated heterocycles. The molecular formula is C18H28O. The Morgan fingerprint density at radius 3 is 2.63 bits per heavy atom. The molecule has 0 aromatic heterocycles. The van der Waals surface area contributed by atoms with E-state index in [-0.39, 0.29) is 5.78 Å². The lowest BCUT2D eigenvalue weighted by molar-refractivity contribution is -0.112. The molecular weight excluding hydrogens is 232 g/mol. The summed E-state index contributed by atoms with van der Waals surface area (Å²) in [5.74, 6) is 1.28. The Bertz CT molecular complexity index is 415. The van der Waals surface area contributed by atoms with Gasteiger partial charge in [0, 0.05) is 5.92 Å². The zero-order valence-corrected chi connectivity index (χ0v) is 13.0. The van der Waals surface area contributed by atoms with Crippen molar-refractivity contribution in [2.45, 2.75) is 59.8 Å². The molecule has 2 fully saturated rings. The van der Waals surface area contributed by atoms with Crippen LogP contribution in [0, 0.1) is 22.7 Å². The number of carbonyl (C=O) groups is 1. The minimum absolute atomic E-state index is 0.147. The minimum Gasteiger partial charge on any atom is -0.295 e. The molecule has 0 radical (unpaired) electrons. The number of rotatable bonds is 2. The van der Waals surface area contributed by atoms with Gasteiger partial charge in [0.15, 0.2) is 5.78 Å². The minimum atomic E-state index is 0.147. The van der Waals surface area contributed by atoms with Gasteiger partial charge in [-0.2, -0.15) is 0 Å². The lowest BCUT2D eigenvalue weighted by Crippen LogP contribution is -2.48. The van der Waals surface area contributed by atoms with E-state index < -0.39 is 0 Å². The summed E-state index contributed by atoms with van der Waals surface area (Å²) in [4.78, 5) is 11.3. The van der Waals surface area contributed by atoms with E-state index in [1.165, 1.54) is 31.3 Å². The summed E-state index contributed by atoms with van der Waals surface area (Å²) >= 11 is 0. The van der Waals surface area contributed by atoms with Crippen molar-refractivity contribution in [1.82, 2.24) is 0 Å². The summed E-state index contributed by atoms with van der Waals surface area (Å²) in [5, 5.41) is 0. The van der Waals surface area contributed by atoms with Crippen LogP contribution in [0.15, 0.2) is 24.3 Å². The molecule has 2 aliphatic rings. The van der Waals surface area contributed by atoms with Gasteiger partial charge >= 0.3 is 0 Å². The lowest BCUT2D eigenvalue weighted by Gasteiger charge is -2.57. The second kappa shape index (κ2) is 4.92. The largest absolute Gasteiger partial charge is 0.295 e. The monoisotopic (exact) mass is 260 g/mol. The van der Waals surface area contributed by atoms with Gasteiger partial charge in [0.25, 0.3) is 0 Å². The summed E-state index contributed by atoms with van der Waals surface area (Å²) < 4.78 is 0.